The van der Waals surface area contributed by atoms with Crippen LogP contribution in [-0.2, 0) is 32.7 Å². The van der Waals surface area contributed by atoms with Crippen molar-refractivity contribution in [1.82, 2.24) is 15.1 Å². The zero-order valence-corrected chi connectivity index (χ0v) is 29.4. The first-order valence-electron chi connectivity index (χ1n) is 17.7. The van der Waals surface area contributed by atoms with Crippen LogP contribution >= 0.6 is 0 Å². The number of piperazine rings is 1. The quantitative estimate of drug-likeness (QED) is 0.347. The normalized spacial score (nSPS) is 29.5. The van der Waals surface area contributed by atoms with E-state index in [0.717, 1.165) is 49.7 Å². The topological polar surface area (TPSA) is 142 Å². The molecule has 2 amide bonds. The fraction of sp³-hybridized carbons (Fsp3) is 0.622. The Bertz CT molecular complexity index is 1590. The Morgan fingerprint density at radius 2 is 1.77 bits per heavy atom. The van der Waals surface area contributed by atoms with Gasteiger partial charge in [0.2, 0.25) is 11.8 Å². The Morgan fingerprint density at radius 1 is 1.04 bits per heavy atom. The minimum absolute atomic E-state index is 0.0180. The van der Waals surface area contributed by atoms with Gasteiger partial charge in [-0.2, -0.15) is 13.6 Å². The zero-order chi connectivity index (χ0) is 34.3. The Hall–Kier alpha value is -2.99. The summed E-state index contributed by atoms with van der Waals surface area (Å²) in [6.45, 7) is 9.60. The summed E-state index contributed by atoms with van der Waals surface area (Å²) in [5, 5.41) is 20.5. The molecule has 11 heteroatoms. The lowest BCUT2D eigenvalue weighted by molar-refractivity contribution is -0.141. The largest absolute Gasteiger partial charge is 0.388 e. The van der Waals surface area contributed by atoms with Gasteiger partial charge >= 0.3 is 10.3 Å². The molecule has 1 saturated heterocycles. The number of nitrogens with one attached hydrogen (secondary N) is 1. The number of β-amino-alcohol motifs (C(OH)–C–C–N with tert-alkyl or cyclic N) is 1. The molecule has 6 atom stereocenters. The highest BCUT2D eigenvalue weighted by molar-refractivity contribution is 7.84. The average Bonchev–Trinajstić information content (AvgIpc) is 3.29. The molecule has 0 bridgehead atoms. The highest BCUT2D eigenvalue weighted by atomic mass is 32.2. The SMILES string of the molecule is CC(C)C[C@H](NC(=O)Cc1ccccc1)C(=O)N1CCN(C[C@]2(O)CC[C@H]3[C@@H]4CCc5cc(OS(N)(=O)=O)ccc5[C@H]4CC[C@@]32C)CC1. The van der Waals surface area contributed by atoms with Crippen LogP contribution in [0.25, 0.3) is 0 Å². The molecule has 2 aromatic rings. The second-order valence-electron chi connectivity index (χ2n) is 15.4. The van der Waals surface area contributed by atoms with Gasteiger partial charge in [-0.25, -0.2) is 0 Å². The third-order valence-corrected chi connectivity index (χ3v) is 12.4. The van der Waals surface area contributed by atoms with Crippen LogP contribution in [0.15, 0.2) is 48.5 Å². The molecule has 48 heavy (non-hydrogen) atoms. The summed E-state index contributed by atoms with van der Waals surface area (Å²) in [5.41, 5.74) is 2.34. The molecule has 0 spiro atoms. The van der Waals surface area contributed by atoms with Gasteiger partial charge in [-0.1, -0.05) is 57.2 Å². The maximum absolute atomic E-state index is 13.7. The van der Waals surface area contributed by atoms with Crippen molar-refractivity contribution in [2.45, 2.75) is 89.7 Å². The predicted octanol–water partition coefficient (Wildman–Crippen LogP) is 3.77. The van der Waals surface area contributed by atoms with Crippen molar-refractivity contribution in [3.8, 4) is 5.75 Å². The molecule has 262 valence electrons. The minimum Gasteiger partial charge on any atom is -0.388 e. The van der Waals surface area contributed by atoms with Crippen LogP contribution < -0.4 is 14.6 Å². The second-order valence-corrected chi connectivity index (χ2v) is 16.5. The van der Waals surface area contributed by atoms with E-state index in [2.05, 4.69) is 31.0 Å². The lowest BCUT2D eigenvalue weighted by Crippen LogP contribution is -2.60. The van der Waals surface area contributed by atoms with Crippen molar-refractivity contribution >= 4 is 22.1 Å². The molecule has 0 aromatic heterocycles. The third kappa shape index (κ3) is 7.29. The molecule has 4 aliphatic rings. The average molecular weight is 681 g/mol. The molecule has 10 nitrogen and oxygen atoms in total. The molecule has 1 aliphatic heterocycles. The van der Waals surface area contributed by atoms with Crippen LogP contribution in [0.2, 0.25) is 0 Å². The molecule has 2 saturated carbocycles. The number of nitrogens with zero attached hydrogens (tertiary/aromatic N) is 2. The van der Waals surface area contributed by atoms with E-state index in [9.17, 15) is 23.1 Å². The van der Waals surface area contributed by atoms with Crippen LogP contribution in [-0.4, -0.2) is 79.5 Å². The van der Waals surface area contributed by atoms with Crippen molar-refractivity contribution in [3.63, 3.8) is 0 Å². The number of fused-ring (bicyclic) bond motifs is 5. The van der Waals surface area contributed by atoms with E-state index in [1.54, 1.807) is 6.07 Å². The molecular weight excluding hydrogens is 628 g/mol. The molecule has 3 aliphatic carbocycles. The Balaban J connectivity index is 1.06. The summed E-state index contributed by atoms with van der Waals surface area (Å²) in [6, 6.07) is 14.6. The molecule has 6 rings (SSSR count). The van der Waals surface area contributed by atoms with Crippen molar-refractivity contribution in [2.24, 2.45) is 28.3 Å². The van der Waals surface area contributed by atoms with Gasteiger partial charge in [-0.05, 0) is 97.4 Å². The van der Waals surface area contributed by atoms with Gasteiger partial charge in [-0.15, -0.1) is 0 Å². The number of benzene rings is 2. The smallest absolute Gasteiger partial charge is 0.380 e. The van der Waals surface area contributed by atoms with E-state index in [1.165, 1.54) is 5.56 Å². The summed E-state index contributed by atoms with van der Waals surface area (Å²) in [7, 11) is -4.07. The number of hydrogen-bond donors (Lipinski definition) is 3. The predicted molar refractivity (Wildman–Crippen MR) is 184 cm³/mol. The van der Waals surface area contributed by atoms with E-state index in [0.29, 0.717) is 56.9 Å². The fourth-order valence-corrected chi connectivity index (χ4v) is 9.92. The van der Waals surface area contributed by atoms with E-state index >= 15 is 0 Å². The molecule has 0 unspecified atom stereocenters. The number of amides is 2. The fourth-order valence-electron chi connectivity index (χ4n) is 9.55. The van der Waals surface area contributed by atoms with E-state index < -0.39 is 21.9 Å². The Morgan fingerprint density at radius 3 is 2.46 bits per heavy atom. The van der Waals surface area contributed by atoms with Crippen LogP contribution in [0.4, 0.5) is 0 Å². The zero-order valence-electron chi connectivity index (χ0n) is 28.6. The molecule has 0 radical (unpaired) electrons. The summed E-state index contributed by atoms with van der Waals surface area (Å²) >= 11 is 0. The first-order chi connectivity index (χ1) is 22.7. The minimum atomic E-state index is -4.07. The summed E-state index contributed by atoms with van der Waals surface area (Å²) < 4.78 is 27.8. The number of hydrogen-bond acceptors (Lipinski definition) is 7. The van der Waals surface area contributed by atoms with Crippen LogP contribution in [0.1, 0.15) is 81.9 Å². The number of carbonyl (C=O) groups is 2. The number of aliphatic hydroxyl groups is 1. The number of carbonyl (C=O) groups excluding carboxylic acids is 2. The monoisotopic (exact) mass is 680 g/mol. The Labute approximate surface area is 285 Å². The van der Waals surface area contributed by atoms with E-state index in [-0.39, 0.29) is 35.3 Å². The van der Waals surface area contributed by atoms with E-state index in [1.807, 2.05) is 47.4 Å². The molecule has 3 fully saturated rings. The first-order valence-corrected chi connectivity index (χ1v) is 19.1. The second kappa shape index (κ2) is 13.7. The number of rotatable bonds is 10. The van der Waals surface area contributed by atoms with E-state index in [4.69, 9.17) is 9.32 Å². The van der Waals surface area contributed by atoms with Crippen LogP contribution in [0.5, 0.6) is 5.75 Å². The molecular formula is C37H52N4O6S. The first kappa shape index (κ1) is 34.9. The maximum atomic E-state index is 13.7. The lowest BCUT2D eigenvalue weighted by atomic mass is 9.53. The van der Waals surface area contributed by atoms with Crippen molar-refractivity contribution in [1.29, 1.82) is 0 Å². The Kier molecular flexibility index (Phi) is 9.97. The number of aryl methyl sites for hydroxylation is 1. The molecule has 1 heterocycles. The lowest BCUT2D eigenvalue weighted by Gasteiger charge is -2.54. The standard InChI is InChI=1S/C37H52N4O6S/c1-25(2)21-33(39-34(42)22-26-7-5-4-6-8-26)35(43)41-19-17-40(18-20-41)24-37(44)16-14-32-31-11-9-27-23-28(47-48(38,45)46)10-12-29(27)30(31)13-15-36(32,37)3/h4-8,10,12,23,25,30-33,44H,9,11,13-22,24H2,1-3H3,(H,39,42)(H2,38,45,46)/t30-,31-,32+,33+,36+,37-/m1/s1. The number of nitrogens with two attached hydrogens (primary N) is 1. The highest BCUT2D eigenvalue weighted by Gasteiger charge is 2.61. The van der Waals surface area contributed by atoms with Gasteiger partial charge in [0.15, 0.2) is 0 Å². The third-order valence-electron chi connectivity index (χ3n) is 11.9. The van der Waals surface area contributed by atoms with Gasteiger partial charge in [0.05, 0.1) is 12.0 Å². The summed E-state index contributed by atoms with van der Waals surface area (Å²) in [4.78, 5) is 30.8. The highest BCUT2D eigenvalue weighted by Crippen LogP contribution is 2.64. The van der Waals surface area contributed by atoms with Gasteiger partial charge < -0.3 is 19.5 Å². The van der Waals surface area contributed by atoms with Crippen LogP contribution in [0.3, 0.4) is 0 Å². The van der Waals surface area contributed by atoms with Gasteiger partial charge in [0.1, 0.15) is 11.8 Å². The molecule has 4 N–H and O–H groups in total. The maximum Gasteiger partial charge on any atom is 0.380 e. The molecule has 2 aromatic carbocycles. The van der Waals surface area contributed by atoms with Gasteiger partial charge in [-0.3, -0.25) is 14.5 Å². The van der Waals surface area contributed by atoms with Crippen molar-refractivity contribution < 1.29 is 27.3 Å². The van der Waals surface area contributed by atoms with Gasteiger partial charge in [0.25, 0.3) is 0 Å². The summed E-state index contributed by atoms with van der Waals surface area (Å²) in [5.74, 6) is 1.64. The van der Waals surface area contributed by atoms with Gasteiger partial charge in [0, 0.05) is 38.1 Å². The summed E-state index contributed by atoms with van der Waals surface area (Å²) in [6.07, 6.45) is 6.38. The van der Waals surface area contributed by atoms with Crippen molar-refractivity contribution in [2.75, 3.05) is 32.7 Å². The van der Waals surface area contributed by atoms with Crippen LogP contribution in [0, 0.1) is 23.2 Å². The van der Waals surface area contributed by atoms with Crippen molar-refractivity contribution in [3.05, 3.63) is 65.2 Å².